The monoisotopic (exact) mass is 339 g/mol. The summed E-state index contributed by atoms with van der Waals surface area (Å²) >= 11 is 0. The van der Waals surface area contributed by atoms with Crippen LogP contribution in [0.5, 0.6) is 0 Å². The van der Waals surface area contributed by atoms with Crippen LogP contribution in [0.25, 0.3) is 11.3 Å². The summed E-state index contributed by atoms with van der Waals surface area (Å²) in [5.74, 6) is 0.388. The number of amides is 2. The number of halogens is 1. The van der Waals surface area contributed by atoms with Crippen LogP contribution in [0, 0.1) is 18.7 Å². The molecule has 1 aromatic heterocycles. The number of fused-ring (bicyclic) bond motifs is 2. The molecule has 0 radical (unpaired) electrons. The van der Waals surface area contributed by atoms with Gasteiger partial charge in [-0.15, -0.1) is 0 Å². The van der Waals surface area contributed by atoms with E-state index in [9.17, 15) is 9.18 Å². The highest BCUT2D eigenvalue weighted by Crippen LogP contribution is 2.41. The minimum Gasteiger partial charge on any atom is -0.318 e. The number of hydrogen-bond donors (Lipinski definition) is 1. The third kappa shape index (κ3) is 2.99. The van der Waals surface area contributed by atoms with Crippen LogP contribution in [0.15, 0.2) is 36.5 Å². The Morgan fingerprint density at radius 1 is 1.20 bits per heavy atom. The van der Waals surface area contributed by atoms with Crippen molar-refractivity contribution in [3.05, 3.63) is 47.9 Å². The van der Waals surface area contributed by atoms with Gasteiger partial charge < -0.3 is 10.2 Å². The third-order valence-electron chi connectivity index (χ3n) is 5.40. The molecule has 2 aliphatic rings. The van der Waals surface area contributed by atoms with Crippen LogP contribution < -0.4 is 5.32 Å². The number of hydrogen-bond acceptors (Lipinski definition) is 2. The lowest BCUT2D eigenvalue weighted by atomic mass is 9.74. The number of anilines is 1. The number of carbonyl (C=O) groups excluding carboxylic acids is 1. The largest absolute Gasteiger partial charge is 0.322 e. The fourth-order valence-corrected chi connectivity index (χ4v) is 4.19. The second-order valence-electron chi connectivity index (χ2n) is 7.35. The SMILES string of the molecule is Cc1ccc(NC(=O)N2C3CC(C)C[C@H]2C3)cc1-c1cc(F)ccn1. The second kappa shape index (κ2) is 6.14. The number of aromatic nitrogens is 1. The highest BCUT2D eigenvalue weighted by Gasteiger charge is 2.46. The summed E-state index contributed by atoms with van der Waals surface area (Å²) in [6.07, 6.45) is 4.77. The van der Waals surface area contributed by atoms with E-state index in [1.54, 1.807) is 0 Å². The van der Waals surface area contributed by atoms with E-state index in [-0.39, 0.29) is 11.8 Å². The second-order valence-corrected chi connectivity index (χ2v) is 7.35. The van der Waals surface area contributed by atoms with Gasteiger partial charge in [-0.1, -0.05) is 13.0 Å². The zero-order chi connectivity index (χ0) is 17.6. The number of rotatable bonds is 2. The molecule has 3 heterocycles. The van der Waals surface area contributed by atoms with Gasteiger partial charge in [0.2, 0.25) is 0 Å². The van der Waals surface area contributed by atoms with Crippen LogP contribution in [0.2, 0.25) is 0 Å². The molecule has 2 amide bonds. The van der Waals surface area contributed by atoms with Gasteiger partial charge >= 0.3 is 6.03 Å². The molecule has 0 saturated carbocycles. The minimum atomic E-state index is -0.318. The van der Waals surface area contributed by atoms with Crippen molar-refractivity contribution < 1.29 is 9.18 Å². The van der Waals surface area contributed by atoms with E-state index in [4.69, 9.17) is 0 Å². The van der Waals surface area contributed by atoms with Crippen LogP contribution in [0.1, 0.15) is 31.7 Å². The maximum atomic E-state index is 13.5. The van der Waals surface area contributed by atoms with Gasteiger partial charge in [0, 0.05) is 35.6 Å². The molecule has 2 unspecified atom stereocenters. The average Bonchev–Trinajstić information content (AvgIpc) is 2.56. The van der Waals surface area contributed by atoms with Gasteiger partial charge in [0.1, 0.15) is 5.82 Å². The number of piperidine rings is 1. The number of benzene rings is 1. The first kappa shape index (κ1) is 16.1. The summed E-state index contributed by atoms with van der Waals surface area (Å²) in [6.45, 7) is 4.21. The zero-order valence-corrected chi connectivity index (χ0v) is 14.5. The molecule has 0 spiro atoms. The van der Waals surface area contributed by atoms with Crippen molar-refractivity contribution in [1.82, 2.24) is 9.88 Å². The van der Waals surface area contributed by atoms with Gasteiger partial charge in [0.25, 0.3) is 0 Å². The van der Waals surface area contributed by atoms with E-state index in [2.05, 4.69) is 17.2 Å². The van der Waals surface area contributed by atoms with E-state index in [1.807, 2.05) is 30.0 Å². The molecule has 25 heavy (non-hydrogen) atoms. The molecule has 0 aliphatic carbocycles. The van der Waals surface area contributed by atoms with E-state index >= 15 is 0 Å². The Bertz CT molecular complexity index is 810. The van der Waals surface area contributed by atoms with Crippen molar-refractivity contribution in [1.29, 1.82) is 0 Å². The van der Waals surface area contributed by atoms with Crippen molar-refractivity contribution in [3.8, 4) is 11.3 Å². The van der Waals surface area contributed by atoms with Crippen molar-refractivity contribution in [2.45, 2.75) is 45.2 Å². The van der Waals surface area contributed by atoms with Gasteiger partial charge in [-0.05, 0) is 55.9 Å². The standard InChI is InChI=1S/C20H22FN3O/c1-12-7-16-11-17(8-12)24(16)20(25)23-15-4-3-13(2)18(10-15)19-9-14(21)5-6-22-19/h3-6,9-10,12,16-17H,7-8,11H2,1-2H3,(H,23,25)/t12?,16-,17?/m0/s1. The number of urea groups is 1. The fraction of sp³-hybridized carbons (Fsp3) is 0.400. The summed E-state index contributed by atoms with van der Waals surface area (Å²) in [7, 11) is 0. The maximum absolute atomic E-state index is 13.5. The van der Waals surface area contributed by atoms with Crippen LogP contribution in [0.4, 0.5) is 14.9 Å². The fourth-order valence-electron chi connectivity index (χ4n) is 4.19. The van der Waals surface area contributed by atoms with E-state index < -0.39 is 0 Å². The molecule has 2 aromatic rings. The predicted molar refractivity (Wildman–Crippen MR) is 95.8 cm³/mol. The molecule has 4 nitrogen and oxygen atoms in total. The lowest BCUT2D eigenvalue weighted by molar-refractivity contribution is -0.00600. The smallest absolute Gasteiger partial charge is 0.318 e. The number of nitrogens with zero attached hydrogens (tertiary/aromatic N) is 2. The van der Waals surface area contributed by atoms with Gasteiger partial charge in [-0.25, -0.2) is 9.18 Å². The zero-order valence-electron chi connectivity index (χ0n) is 14.5. The molecule has 2 fully saturated rings. The number of pyridine rings is 1. The molecule has 130 valence electrons. The Morgan fingerprint density at radius 3 is 2.68 bits per heavy atom. The summed E-state index contributed by atoms with van der Waals surface area (Å²) in [4.78, 5) is 18.9. The quantitative estimate of drug-likeness (QED) is 0.869. The summed E-state index contributed by atoms with van der Waals surface area (Å²) in [5, 5.41) is 3.00. The van der Waals surface area contributed by atoms with E-state index in [0.29, 0.717) is 23.7 Å². The number of aryl methyl sites for hydroxylation is 1. The Balaban J connectivity index is 1.54. The highest BCUT2D eigenvalue weighted by atomic mass is 19.1. The van der Waals surface area contributed by atoms with Gasteiger partial charge in [-0.2, -0.15) is 0 Å². The van der Waals surface area contributed by atoms with Crippen molar-refractivity contribution in [2.75, 3.05) is 5.32 Å². The minimum absolute atomic E-state index is 0.0323. The Kier molecular flexibility index (Phi) is 3.94. The topological polar surface area (TPSA) is 45.2 Å². The number of carbonyl (C=O) groups is 1. The van der Waals surface area contributed by atoms with Crippen molar-refractivity contribution in [3.63, 3.8) is 0 Å². The Labute approximate surface area is 147 Å². The highest BCUT2D eigenvalue weighted by molar-refractivity contribution is 5.91. The average molecular weight is 339 g/mol. The first-order chi connectivity index (χ1) is 12.0. The normalized spacial score (nSPS) is 24.6. The third-order valence-corrected chi connectivity index (χ3v) is 5.40. The molecule has 1 aromatic carbocycles. The van der Waals surface area contributed by atoms with Crippen LogP contribution in [0.3, 0.4) is 0 Å². The van der Waals surface area contributed by atoms with Crippen molar-refractivity contribution >= 4 is 11.7 Å². The van der Waals surface area contributed by atoms with E-state index in [1.165, 1.54) is 18.3 Å². The van der Waals surface area contributed by atoms with Crippen molar-refractivity contribution in [2.24, 2.45) is 5.92 Å². The summed E-state index contributed by atoms with van der Waals surface area (Å²) < 4.78 is 13.5. The molecule has 4 rings (SSSR count). The van der Waals surface area contributed by atoms with E-state index in [0.717, 1.165) is 36.1 Å². The molecule has 2 aliphatic heterocycles. The first-order valence-electron chi connectivity index (χ1n) is 8.83. The predicted octanol–water partition coefficient (Wildman–Crippen LogP) is 4.60. The molecule has 2 saturated heterocycles. The molecule has 1 N–H and O–H groups in total. The van der Waals surface area contributed by atoms with Gasteiger partial charge in [-0.3, -0.25) is 4.98 Å². The lowest BCUT2D eigenvalue weighted by Gasteiger charge is -2.54. The van der Waals surface area contributed by atoms with Gasteiger partial charge in [0.05, 0.1) is 5.69 Å². The molecule has 2 bridgehead atoms. The van der Waals surface area contributed by atoms with Crippen LogP contribution in [-0.2, 0) is 0 Å². The van der Waals surface area contributed by atoms with Gasteiger partial charge in [0.15, 0.2) is 0 Å². The summed E-state index contributed by atoms with van der Waals surface area (Å²) in [6, 6.07) is 9.14. The molecular formula is C20H22FN3O. The van der Waals surface area contributed by atoms with Crippen LogP contribution in [-0.4, -0.2) is 28.0 Å². The Morgan fingerprint density at radius 2 is 1.96 bits per heavy atom. The Hall–Kier alpha value is -2.43. The number of nitrogens with one attached hydrogen (secondary N) is 1. The first-order valence-corrected chi connectivity index (χ1v) is 8.83. The maximum Gasteiger partial charge on any atom is 0.322 e. The van der Waals surface area contributed by atoms with Crippen LogP contribution >= 0.6 is 0 Å². The molecular weight excluding hydrogens is 317 g/mol. The molecule has 3 atom stereocenters. The molecule has 5 heteroatoms. The lowest BCUT2D eigenvalue weighted by Crippen LogP contribution is -2.63. The summed E-state index contributed by atoms with van der Waals surface area (Å²) in [5.41, 5.74) is 3.11.